The Morgan fingerprint density at radius 3 is 2.74 bits per heavy atom. The smallest absolute Gasteiger partial charge is 0.407 e. The Morgan fingerprint density at radius 1 is 1.18 bits per heavy atom. The molecule has 4 heterocycles. The molecular weight excluding hydrogens is 496 g/mol. The molecular formula is C26H27F2N7O3. The van der Waals surface area contributed by atoms with Crippen molar-refractivity contribution in [3.05, 3.63) is 66.1 Å². The van der Waals surface area contributed by atoms with Crippen molar-refractivity contribution in [2.75, 3.05) is 18.0 Å². The van der Waals surface area contributed by atoms with Gasteiger partial charge in [0.05, 0.1) is 24.5 Å². The Balaban J connectivity index is 1.40. The predicted octanol–water partition coefficient (Wildman–Crippen LogP) is 4.43. The van der Waals surface area contributed by atoms with Gasteiger partial charge in [0.15, 0.2) is 17.5 Å². The van der Waals surface area contributed by atoms with Crippen molar-refractivity contribution < 1.29 is 22.8 Å². The van der Waals surface area contributed by atoms with Crippen LogP contribution in [0, 0.1) is 11.6 Å². The number of carbonyl (C=O) groups is 1. The number of halogens is 2. The molecule has 5 rings (SSSR count). The summed E-state index contributed by atoms with van der Waals surface area (Å²) >= 11 is 0. The Hall–Kier alpha value is -4.35. The van der Waals surface area contributed by atoms with Gasteiger partial charge in [-0.2, -0.15) is 5.10 Å². The summed E-state index contributed by atoms with van der Waals surface area (Å²) in [6, 6.07) is 9.56. The van der Waals surface area contributed by atoms with E-state index in [4.69, 9.17) is 9.26 Å². The maximum Gasteiger partial charge on any atom is 0.407 e. The van der Waals surface area contributed by atoms with E-state index in [0.717, 1.165) is 6.20 Å². The van der Waals surface area contributed by atoms with E-state index < -0.39 is 17.5 Å². The van der Waals surface area contributed by atoms with E-state index in [1.54, 1.807) is 60.7 Å². The lowest BCUT2D eigenvalue weighted by atomic mass is 10.2. The third kappa shape index (κ3) is 5.63. The number of nitrogens with zero attached hydrogens (tertiary/aromatic N) is 6. The molecule has 0 spiro atoms. The average Bonchev–Trinajstić information content (AvgIpc) is 3.61. The van der Waals surface area contributed by atoms with Gasteiger partial charge in [0.2, 0.25) is 0 Å². The van der Waals surface area contributed by atoms with Gasteiger partial charge >= 0.3 is 6.09 Å². The van der Waals surface area contributed by atoms with Gasteiger partial charge in [-0.3, -0.25) is 4.68 Å². The quantitative estimate of drug-likeness (QED) is 0.395. The van der Waals surface area contributed by atoms with Crippen molar-refractivity contribution in [2.45, 2.75) is 45.4 Å². The number of hydrogen-bond acceptors (Lipinski definition) is 8. The van der Waals surface area contributed by atoms with Crippen LogP contribution < -0.4 is 10.2 Å². The third-order valence-electron chi connectivity index (χ3n) is 5.92. The van der Waals surface area contributed by atoms with Crippen molar-refractivity contribution in [3.63, 3.8) is 0 Å². The van der Waals surface area contributed by atoms with Crippen LogP contribution in [0.2, 0.25) is 0 Å². The first-order valence-corrected chi connectivity index (χ1v) is 12.2. The van der Waals surface area contributed by atoms with E-state index in [-0.39, 0.29) is 30.0 Å². The number of alkyl carbamates (subject to hydrolysis) is 1. The van der Waals surface area contributed by atoms with Gasteiger partial charge in [0.1, 0.15) is 29.1 Å². The van der Waals surface area contributed by atoms with E-state index in [1.807, 2.05) is 0 Å². The highest BCUT2D eigenvalue weighted by atomic mass is 19.1. The number of carbonyl (C=O) groups excluding carboxylic acids is 1. The second-order valence-electron chi connectivity index (χ2n) is 9.99. The van der Waals surface area contributed by atoms with E-state index >= 15 is 0 Å². The zero-order valence-corrected chi connectivity index (χ0v) is 21.2. The molecule has 1 saturated heterocycles. The molecule has 1 fully saturated rings. The van der Waals surface area contributed by atoms with Crippen molar-refractivity contribution in [1.29, 1.82) is 0 Å². The lowest BCUT2D eigenvalue weighted by molar-refractivity contribution is 0.0509. The number of benzene rings is 1. The number of rotatable bonds is 6. The fourth-order valence-electron chi connectivity index (χ4n) is 4.23. The Labute approximate surface area is 217 Å². The van der Waals surface area contributed by atoms with Crippen LogP contribution in [-0.2, 0) is 11.3 Å². The van der Waals surface area contributed by atoms with E-state index in [0.29, 0.717) is 42.2 Å². The minimum Gasteiger partial charge on any atom is -0.444 e. The number of ether oxygens (including phenoxy) is 1. The summed E-state index contributed by atoms with van der Waals surface area (Å²) in [5.41, 5.74) is 1.25. The molecule has 0 aliphatic carbocycles. The third-order valence-corrected chi connectivity index (χ3v) is 5.92. The Bertz CT molecular complexity index is 1430. The predicted molar refractivity (Wildman–Crippen MR) is 134 cm³/mol. The maximum atomic E-state index is 14.8. The molecule has 10 nitrogen and oxygen atoms in total. The number of hydrogen-bond donors (Lipinski definition) is 1. The van der Waals surface area contributed by atoms with Crippen LogP contribution in [-0.4, -0.2) is 55.7 Å². The zero-order valence-electron chi connectivity index (χ0n) is 21.2. The number of amides is 1. The summed E-state index contributed by atoms with van der Waals surface area (Å²) in [5.74, 6) is -0.647. The van der Waals surface area contributed by atoms with Gasteiger partial charge in [-0.05, 0) is 39.3 Å². The summed E-state index contributed by atoms with van der Waals surface area (Å²) in [4.78, 5) is 22.5. The largest absolute Gasteiger partial charge is 0.444 e. The fourth-order valence-corrected chi connectivity index (χ4v) is 4.23. The van der Waals surface area contributed by atoms with Gasteiger partial charge in [-0.1, -0.05) is 23.4 Å². The van der Waals surface area contributed by atoms with E-state index in [2.05, 4.69) is 25.5 Å². The molecule has 1 aromatic carbocycles. The molecule has 0 bridgehead atoms. The first-order valence-electron chi connectivity index (χ1n) is 12.2. The van der Waals surface area contributed by atoms with Crippen LogP contribution in [0.3, 0.4) is 0 Å². The lowest BCUT2D eigenvalue weighted by Crippen LogP contribution is -2.40. The second-order valence-corrected chi connectivity index (χ2v) is 9.99. The van der Waals surface area contributed by atoms with Crippen molar-refractivity contribution in [2.24, 2.45) is 0 Å². The van der Waals surface area contributed by atoms with Crippen LogP contribution in [0.4, 0.5) is 19.4 Å². The Kier molecular flexibility index (Phi) is 6.79. The van der Waals surface area contributed by atoms with Crippen LogP contribution in [0.5, 0.6) is 0 Å². The summed E-state index contributed by atoms with van der Waals surface area (Å²) in [6.07, 6.45) is 2.61. The highest BCUT2D eigenvalue weighted by Crippen LogP contribution is 2.28. The molecule has 1 unspecified atom stereocenters. The van der Waals surface area contributed by atoms with Crippen LogP contribution in [0.25, 0.3) is 22.9 Å². The van der Waals surface area contributed by atoms with Crippen LogP contribution in [0.15, 0.2) is 53.4 Å². The number of anilines is 1. The summed E-state index contributed by atoms with van der Waals surface area (Å²) in [6.45, 7) is 6.34. The molecule has 0 saturated carbocycles. The number of aromatic nitrogens is 5. The second kappa shape index (κ2) is 10.2. The first kappa shape index (κ1) is 25.3. The van der Waals surface area contributed by atoms with E-state index in [1.165, 1.54) is 12.3 Å². The minimum absolute atomic E-state index is 0.107. The topological polar surface area (TPSA) is 111 Å². The molecule has 0 radical (unpaired) electrons. The molecule has 1 amide bonds. The van der Waals surface area contributed by atoms with Crippen molar-refractivity contribution >= 4 is 11.9 Å². The van der Waals surface area contributed by atoms with Crippen LogP contribution in [0.1, 0.15) is 32.8 Å². The molecule has 4 aromatic rings. The van der Waals surface area contributed by atoms with Gasteiger partial charge in [0.25, 0.3) is 0 Å². The lowest BCUT2D eigenvalue weighted by Gasteiger charge is -2.22. The molecule has 1 atom stereocenters. The molecule has 1 aliphatic rings. The first-order chi connectivity index (χ1) is 18.2. The standard InChI is InChI=1S/C26H27F2N7O3/c1-26(2,3)38-25(36)30-17-8-10-34(15-17)24-19(28)13-29-23(31-24)21-12-22(20-9-11-37-33-20)35(32-21)14-16-6-4-5-7-18(16)27/h4-7,9,11-13,17H,8,10,14-15H2,1-3H3,(H,30,36). The van der Waals surface area contributed by atoms with Crippen LogP contribution >= 0.6 is 0 Å². The maximum absolute atomic E-state index is 14.8. The molecule has 3 aromatic heterocycles. The minimum atomic E-state index is -0.615. The van der Waals surface area contributed by atoms with Gasteiger partial charge in [-0.25, -0.2) is 23.5 Å². The SMILES string of the molecule is CC(C)(C)OC(=O)NC1CCN(c2nc(-c3cc(-c4ccon4)n(Cc4ccccc4F)n3)ncc2F)C1. The van der Waals surface area contributed by atoms with Crippen molar-refractivity contribution in [3.8, 4) is 22.9 Å². The normalized spacial score (nSPS) is 15.6. The van der Waals surface area contributed by atoms with Gasteiger partial charge < -0.3 is 19.5 Å². The molecule has 198 valence electrons. The van der Waals surface area contributed by atoms with Crippen molar-refractivity contribution in [1.82, 2.24) is 30.2 Å². The highest BCUT2D eigenvalue weighted by molar-refractivity contribution is 5.68. The van der Waals surface area contributed by atoms with Gasteiger partial charge in [0, 0.05) is 24.7 Å². The fraction of sp³-hybridized carbons (Fsp3) is 0.346. The molecule has 1 N–H and O–H groups in total. The Morgan fingerprint density at radius 2 is 2.00 bits per heavy atom. The average molecular weight is 524 g/mol. The zero-order chi connectivity index (χ0) is 26.9. The highest BCUT2D eigenvalue weighted by Gasteiger charge is 2.29. The monoisotopic (exact) mass is 523 g/mol. The van der Waals surface area contributed by atoms with Gasteiger partial charge in [-0.15, -0.1) is 0 Å². The molecule has 1 aliphatic heterocycles. The molecule has 12 heteroatoms. The summed E-state index contributed by atoms with van der Waals surface area (Å²) < 4.78 is 41.1. The summed E-state index contributed by atoms with van der Waals surface area (Å²) in [7, 11) is 0. The molecule has 38 heavy (non-hydrogen) atoms. The number of nitrogens with one attached hydrogen (secondary N) is 1. The van der Waals surface area contributed by atoms with E-state index in [9.17, 15) is 13.6 Å². The summed E-state index contributed by atoms with van der Waals surface area (Å²) in [5, 5.41) is 11.4.